The maximum absolute atomic E-state index is 3.40. The van der Waals surface area contributed by atoms with Gasteiger partial charge < -0.3 is 4.98 Å². The summed E-state index contributed by atoms with van der Waals surface area (Å²) in [4.78, 5) is 3.13. The highest BCUT2D eigenvalue weighted by molar-refractivity contribution is 9.10. The minimum absolute atomic E-state index is 0. The first-order chi connectivity index (χ1) is 4.86. The minimum atomic E-state index is 0. The van der Waals surface area contributed by atoms with Crippen LogP contribution in [0.3, 0.4) is 0 Å². The number of hydrogen-bond donors (Lipinski definition) is 1. The first-order valence-electron chi connectivity index (χ1n) is 3.09. The van der Waals surface area contributed by atoms with Crippen LogP contribution >= 0.6 is 32.9 Å². The molecule has 0 amide bonds. The van der Waals surface area contributed by atoms with Crippen molar-refractivity contribution in [3.63, 3.8) is 0 Å². The maximum atomic E-state index is 3.40. The van der Waals surface area contributed by atoms with Crippen molar-refractivity contribution in [1.29, 1.82) is 0 Å². The number of benzene rings is 1. The Balaban J connectivity index is 0.000000605. The number of nitrogens with one attached hydrogen (secondary N) is 1. The third-order valence-electron chi connectivity index (χ3n) is 1.52. The van der Waals surface area contributed by atoms with Gasteiger partial charge in [-0.25, -0.2) is 0 Å². The molecule has 2 aromatic rings. The molecule has 0 fully saturated rings. The number of halogens is 2. The van der Waals surface area contributed by atoms with Gasteiger partial charge in [0, 0.05) is 16.2 Å². The van der Waals surface area contributed by atoms with E-state index in [1.807, 2.05) is 12.3 Å². The molecule has 0 aliphatic carbocycles. The molecule has 1 N–H and O–H groups in total. The zero-order valence-electron chi connectivity index (χ0n) is 5.67. The Morgan fingerprint density at radius 3 is 2.82 bits per heavy atom. The van der Waals surface area contributed by atoms with Crippen molar-refractivity contribution in [2.45, 2.75) is 0 Å². The number of hydrogen-bond acceptors (Lipinski definition) is 0. The van der Waals surface area contributed by atoms with E-state index >= 15 is 0 Å². The van der Waals surface area contributed by atoms with Gasteiger partial charge in [-0.2, -0.15) is 0 Å². The van der Waals surface area contributed by atoms with E-state index in [9.17, 15) is 0 Å². The number of aromatic nitrogens is 1. The Kier molecular flexibility index (Phi) is 2.73. The van der Waals surface area contributed by atoms with Crippen molar-refractivity contribution in [2.24, 2.45) is 0 Å². The van der Waals surface area contributed by atoms with E-state index in [4.69, 9.17) is 0 Å². The third kappa shape index (κ3) is 1.65. The van der Waals surface area contributed by atoms with Gasteiger partial charge >= 0.3 is 0 Å². The molecule has 0 spiro atoms. The fourth-order valence-corrected chi connectivity index (χ4v) is 1.38. The van der Waals surface area contributed by atoms with Crippen molar-refractivity contribution in [2.75, 3.05) is 0 Å². The normalized spacial score (nSPS) is 9.55. The Bertz CT molecular complexity index is 354. The summed E-state index contributed by atoms with van der Waals surface area (Å²) < 4.78 is 1.11. The second-order valence-electron chi connectivity index (χ2n) is 2.21. The summed E-state index contributed by atoms with van der Waals surface area (Å²) >= 11 is 3.40. The van der Waals surface area contributed by atoms with Gasteiger partial charge in [0.05, 0.1) is 0 Å². The molecule has 0 atom stereocenters. The highest BCUT2D eigenvalue weighted by Crippen LogP contribution is 2.17. The molecule has 0 unspecified atom stereocenters. The zero-order valence-corrected chi connectivity index (χ0v) is 8.97. The number of aromatic amines is 1. The van der Waals surface area contributed by atoms with Crippen LogP contribution in [0.1, 0.15) is 0 Å². The predicted molar refractivity (Wildman–Crippen MR) is 56.3 cm³/mol. The van der Waals surface area contributed by atoms with Gasteiger partial charge in [-0.3, -0.25) is 0 Å². The molecule has 0 saturated carbocycles. The molecule has 58 valence electrons. The second kappa shape index (κ2) is 3.41. The Labute approximate surface area is 83.7 Å². The zero-order chi connectivity index (χ0) is 6.97. The number of H-pyrrole nitrogens is 1. The summed E-state index contributed by atoms with van der Waals surface area (Å²) in [6, 6.07) is 8.24. The lowest BCUT2D eigenvalue weighted by Gasteiger charge is -1.89. The highest BCUT2D eigenvalue weighted by atomic mass is 79.9. The van der Waals surface area contributed by atoms with Gasteiger partial charge in [-0.1, -0.05) is 22.0 Å². The topological polar surface area (TPSA) is 15.8 Å². The summed E-state index contributed by atoms with van der Waals surface area (Å²) in [6.45, 7) is 0. The molecule has 0 aliphatic rings. The lowest BCUT2D eigenvalue weighted by Crippen LogP contribution is -1.66. The van der Waals surface area contributed by atoms with Crippen molar-refractivity contribution in [3.8, 4) is 0 Å². The molecule has 2 rings (SSSR count). The molecule has 0 aliphatic heterocycles. The first-order valence-corrected chi connectivity index (χ1v) is 3.88. The summed E-state index contributed by atoms with van der Waals surface area (Å²) in [5, 5.41) is 1.25. The van der Waals surface area contributed by atoms with E-state index in [0.717, 1.165) is 4.47 Å². The molecule has 1 heterocycles. The first kappa shape index (κ1) is 8.81. The van der Waals surface area contributed by atoms with Crippen LogP contribution in [-0.2, 0) is 0 Å². The molecule has 0 bridgehead atoms. The quantitative estimate of drug-likeness (QED) is 0.758. The summed E-state index contributed by atoms with van der Waals surface area (Å²) in [5.74, 6) is 0. The van der Waals surface area contributed by atoms with Crippen molar-refractivity contribution in [1.82, 2.24) is 4.98 Å². The van der Waals surface area contributed by atoms with Crippen LogP contribution in [0.2, 0.25) is 0 Å². The smallest absolute Gasteiger partial charge is 0.0465 e. The van der Waals surface area contributed by atoms with Crippen LogP contribution in [0.25, 0.3) is 10.9 Å². The van der Waals surface area contributed by atoms with E-state index in [1.54, 1.807) is 0 Å². The number of rotatable bonds is 0. The summed E-state index contributed by atoms with van der Waals surface area (Å²) in [6.07, 6.45) is 1.94. The molecule has 11 heavy (non-hydrogen) atoms. The molecule has 1 nitrogen and oxygen atoms in total. The summed E-state index contributed by atoms with van der Waals surface area (Å²) in [7, 11) is 0. The third-order valence-corrected chi connectivity index (χ3v) is 2.01. The van der Waals surface area contributed by atoms with Crippen LogP contribution in [0, 0.1) is 0 Å². The van der Waals surface area contributed by atoms with Gasteiger partial charge in [-0.05, 0) is 23.6 Å². The SMILES string of the molecule is Br.Brc1ccc2cc[nH]c2c1. The second-order valence-corrected chi connectivity index (χ2v) is 3.12. The van der Waals surface area contributed by atoms with Crippen LogP contribution < -0.4 is 0 Å². The van der Waals surface area contributed by atoms with Crippen molar-refractivity contribution >= 4 is 43.8 Å². The molecular weight excluding hydrogens is 270 g/mol. The molecule has 1 aromatic heterocycles. The monoisotopic (exact) mass is 275 g/mol. The van der Waals surface area contributed by atoms with Gasteiger partial charge in [0.15, 0.2) is 0 Å². The molecule has 3 heteroatoms. The van der Waals surface area contributed by atoms with Crippen molar-refractivity contribution < 1.29 is 0 Å². The standard InChI is InChI=1S/C8H6BrN.BrH/c9-7-2-1-6-3-4-10-8(6)5-7;/h1-5,10H;1H. The molecule has 1 aromatic carbocycles. The van der Waals surface area contributed by atoms with Gasteiger partial charge in [-0.15, -0.1) is 17.0 Å². The maximum Gasteiger partial charge on any atom is 0.0465 e. The predicted octanol–water partition coefficient (Wildman–Crippen LogP) is 3.51. The van der Waals surface area contributed by atoms with Gasteiger partial charge in [0.25, 0.3) is 0 Å². The van der Waals surface area contributed by atoms with E-state index < -0.39 is 0 Å². The van der Waals surface area contributed by atoms with Gasteiger partial charge in [0.2, 0.25) is 0 Å². The highest BCUT2D eigenvalue weighted by Gasteiger charge is 1.92. The molecule has 0 radical (unpaired) electrons. The van der Waals surface area contributed by atoms with E-state index in [0.29, 0.717) is 0 Å². The van der Waals surface area contributed by atoms with Crippen LogP contribution in [0.15, 0.2) is 34.9 Å². The van der Waals surface area contributed by atoms with Gasteiger partial charge in [0.1, 0.15) is 0 Å². The average Bonchev–Trinajstić information content (AvgIpc) is 2.33. The van der Waals surface area contributed by atoms with E-state index in [2.05, 4.69) is 39.1 Å². The molecular formula is C8H7Br2N. The van der Waals surface area contributed by atoms with Crippen LogP contribution in [0.4, 0.5) is 0 Å². The Morgan fingerprint density at radius 1 is 1.18 bits per heavy atom. The van der Waals surface area contributed by atoms with E-state index in [-0.39, 0.29) is 17.0 Å². The average molecular weight is 277 g/mol. The van der Waals surface area contributed by atoms with Crippen molar-refractivity contribution in [3.05, 3.63) is 34.9 Å². The fraction of sp³-hybridized carbons (Fsp3) is 0. The summed E-state index contributed by atoms with van der Waals surface area (Å²) in [5.41, 5.74) is 1.18. The lowest BCUT2D eigenvalue weighted by atomic mass is 10.3. The number of fused-ring (bicyclic) bond motifs is 1. The van der Waals surface area contributed by atoms with Crippen LogP contribution in [-0.4, -0.2) is 4.98 Å². The fourth-order valence-electron chi connectivity index (χ4n) is 1.02. The minimum Gasteiger partial charge on any atom is -0.361 e. The Hall–Kier alpha value is -0.280. The van der Waals surface area contributed by atoms with Crippen LogP contribution in [0.5, 0.6) is 0 Å². The van der Waals surface area contributed by atoms with E-state index in [1.165, 1.54) is 10.9 Å². The molecule has 0 saturated heterocycles. The lowest BCUT2D eigenvalue weighted by molar-refractivity contribution is 1.47. The largest absolute Gasteiger partial charge is 0.361 e. The Morgan fingerprint density at radius 2 is 2.00 bits per heavy atom.